The molecule has 10 heavy (non-hydrogen) atoms. The van der Waals surface area contributed by atoms with E-state index in [1.54, 1.807) is 0 Å². The molecule has 0 saturated carbocycles. The number of hydrogen-bond acceptors (Lipinski definition) is 3. The first-order valence-electron chi connectivity index (χ1n) is 3.26. The van der Waals surface area contributed by atoms with Gasteiger partial charge in [0, 0.05) is 0 Å². The Labute approximate surface area is 61.5 Å². The third-order valence-corrected chi connectivity index (χ3v) is 0.895. The third kappa shape index (κ3) is 7.62. The first kappa shape index (κ1) is 9.62. The lowest BCUT2D eigenvalue weighted by molar-refractivity contribution is -0.277. The molecule has 3 nitrogen and oxygen atoms in total. The van der Waals surface area contributed by atoms with Gasteiger partial charge in [-0.1, -0.05) is 6.08 Å². The Balaban J connectivity index is 2.70. The second-order valence-corrected chi connectivity index (χ2v) is 1.68. The lowest BCUT2D eigenvalue weighted by atomic mass is 10.5. The summed E-state index contributed by atoms with van der Waals surface area (Å²) >= 11 is 0. The number of hydrogen-bond donors (Lipinski definition) is 0. The average molecular weight is 146 g/mol. The van der Waals surface area contributed by atoms with Crippen LogP contribution in [-0.2, 0) is 14.5 Å². The fourth-order valence-corrected chi connectivity index (χ4v) is 0.445. The molecule has 0 aromatic heterocycles. The quantitative estimate of drug-likeness (QED) is 0.233. The highest BCUT2D eigenvalue weighted by molar-refractivity contribution is 4.64. The zero-order valence-corrected chi connectivity index (χ0v) is 6.34. The SMILES string of the molecule is C=CCCOCCOOC. The van der Waals surface area contributed by atoms with E-state index in [1.807, 2.05) is 6.08 Å². The second-order valence-electron chi connectivity index (χ2n) is 1.68. The summed E-state index contributed by atoms with van der Waals surface area (Å²) in [7, 11) is 1.48. The molecule has 0 aliphatic carbocycles. The number of rotatable bonds is 7. The summed E-state index contributed by atoms with van der Waals surface area (Å²) in [6, 6.07) is 0. The van der Waals surface area contributed by atoms with Crippen LogP contribution in [-0.4, -0.2) is 26.9 Å². The van der Waals surface area contributed by atoms with Crippen LogP contribution in [0.3, 0.4) is 0 Å². The highest BCUT2D eigenvalue weighted by Crippen LogP contribution is 1.83. The predicted molar refractivity (Wildman–Crippen MR) is 38.6 cm³/mol. The van der Waals surface area contributed by atoms with E-state index in [-0.39, 0.29) is 0 Å². The second kappa shape index (κ2) is 8.62. The summed E-state index contributed by atoms with van der Waals surface area (Å²) in [5.74, 6) is 0. The Morgan fingerprint density at radius 1 is 1.30 bits per heavy atom. The van der Waals surface area contributed by atoms with Gasteiger partial charge in [-0.2, -0.15) is 0 Å². The van der Waals surface area contributed by atoms with Crippen LogP contribution in [0.4, 0.5) is 0 Å². The lowest BCUT2D eigenvalue weighted by Gasteiger charge is -2.00. The molecule has 0 saturated heterocycles. The zero-order chi connectivity index (χ0) is 7.66. The monoisotopic (exact) mass is 146 g/mol. The first-order chi connectivity index (χ1) is 4.91. The molecule has 0 unspecified atom stereocenters. The zero-order valence-electron chi connectivity index (χ0n) is 6.34. The molecular formula is C7H14O3. The first-order valence-corrected chi connectivity index (χ1v) is 3.26. The van der Waals surface area contributed by atoms with Crippen LogP contribution in [0.15, 0.2) is 12.7 Å². The molecule has 0 bridgehead atoms. The van der Waals surface area contributed by atoms with Crippen molar-refractivity contribution in [3.05, 3.63) is 12.7 Å². The fourth-order valence-electron chi connectivity index (χ4n) is 0.445. The summed E-state index contributed by atoms with van der Waals surface area (Å²) in [6.07, 6.45) is 2.70. The van der Waals surface area contributed by atoms with Crippen molar-refractivity contribution in [3.63, 3.8) is 0 Å². The lowest BCUT2D eigenvalue weighted by Crippen LogP contribution is -2.03. The van der Waals surface area contributed by atoms with Crippen molar-refractivity contribution >= 4 is 0 Å². The van der Waals surface area contributed by atoms with Gasteiger partial charge >= 0.3 is 0 Å². The van der Waals surface area contributed by atoms with Crippen molar-refractivity contribution in [1.82, 2.24) is 0 Å². The average Bonchev–Trinajstić information content (AvgIpc) is 1.97. The van der Waals surface area contributed by atoms with Gasteiger partial charge in [0.15, 0.2) is 0 Å². The molecule has 0 fully saturated rings. The molecule has 3 heteroatoms. The van der Waals surface area contributed by atoms with Crippen LogP contribution in [0, 0.1) is 0 Å². The minimum absolute atomic E-state index is 0.480. The van der Waals surface area contributed by atoms with Crippen LogP contribution < -0.4 is 0 Å². The molecule has 0 aliphatic heterocycles. The van der Waals surface area contributed by atoms with Gasteiger partial charge in [0.1, 0.15) is 6.61 Å². The topological polar surface area (TPSA) is 27.7 Å². The molecule has 0 radical (unpaired) electrons. The van der Waals surface area contributed by atoms with Crippen molar-refractivity contribution in [2.45, 2.75) is 6.42 Å². The molecular weight excluding hydrogens is 132 g/mol. The van der Waals surface area contributed by atoms with E-state index in [0.29, 0.717) is 19.8 Å². The van der Waals surface area contributed by atoms with Crippen molar-refractivity contribution in [2.24, 2.45) is 0 Å². The van der Waals surface area contributed by atoms with E-state index in [2.05, 4.69) is 16.4 Å². The standard InChI is InChI=1S/C7H14O3/c1-3-4-5-9-6-7-10-8-2/h3H,1,4-7H2,2H3. The van der Waals surface area contributed by atoms with Gasteiger partial charge in [0.25, 0.3) is 0 Å². The van der Waals surface area contributed by atoms with E-state index in [4.69, 9.17) is 4.74 Å². The van der Waals surface area contributed by atoms with Crippen molar-refractivity contribution in [2.75, 3.05) is 26.9 Å². The van der Waals surface area contributed by atoms with Gasteiger partial charge in [-0.15, -0.1) is 6.58 Å². The van der Waals surface area contributed by atoms with Gasteiger partial charge in [-0.3, -0.25) is 0 Å². The minimum atomic E-state index is 0.480. The van der Waals surface area contributed by atoms with Crippen LogP contribution in [0.2, 0.25) is 0 Å². The van der Waals surface area contributed by atoms with E-state index < -0.39 is 0 Å². The third-order valence-electron chi connectivity index (χ3n) is 0.895. The fraction of sp³-hybridized carbons (Fsp3) is 0.714. The van der Waals surface area contributed by atoms with Gasteiger partial charge < -0.3 is 4.74 Å². The highest BCUT2D eigenvalue weighted by Gasteiger charge is 1.85. The highest BCUT2D eigenvalue weighted by atomic mass is 17.2. The van der Waals surface area contributed by atoms with Crippen molar-refractivity contribution in [1.29, 1.82) is 0 Å². The molecule has 0 aromatic carbocycles. The van der Waals surface area contributed by atoms with E-state index in [9.17, 15) is 0 Å². The molecule has 0 aromatic rings. The summed E-state index contributed by atoms with van der Waals surface area (Å²) in [6.45, 7) is 5.31. The van der Waals surface area contributed by atoms with E-state index in [1.165, 1.54) is 7.11 Å². The molecule has 0 amide bonds. The maximum atomic E-state index is 5.10. The van der Waals surface area contributed by atoms with Crippen molar-refractivity contribution < 1.29 is 14.5 Å². The van der Waals surface area contributed by atoms with Gasteiger partial charge in [-0.25, -0.2) is 9.78 Å². The van der Waals surface area contributed by atoms with Crippen LogP contribution in [0.1, 0.15) is 6.42 Å². The Morgan fingerprint density at radius 2 is 2.10 bits per heavy atom. The smallest absolute Gasteiger partial charge is 0.106 e. The molecule has 0 N–H and O–H groups in total. The van der Waals surface area contributed by atoms with Crippen LogP contribution >= 0.6 is 0 Å². The molecule has 0 spiro atoms. The normalized spacial score (nSPS) is 9.70. The molecule has 0 rings (SSSR count). The van der Waals surface area contributed by atoms with Crippen LogP contribution in [0.5, 0.6) is 0 Å². The largest absolute Gasteiger partial charge is 0.379 e. The Bertz CT molecular complexity index is 73.3. The molecule has 60 valence electrons. The summed E-state index contributed by atoms with van der Waals surface area (Å²) in [5.41, 5.74) is 0. The maximum Gasteiger partial charge on any atom is 0.106 e. The molecule has 0 heterocycles. The molecule has 0 atom stereocenters. The van der Waals surface area contributed by atoms with Crippen LogP contribution in [0.25, 0.3) is 0 Å². The molecule has 0 aliphatic rings. The van der Waals surface area contributed by atoms with E-state index in [0.717, 1.165) is 6.42 Å². The van der Waals surface area contributed by atoms with Gasteiger partial charge in [0.2, 0.25) is 0 Å². The predicted octanol–water partition coefficient (Wildman–Crippen LogP) is 1.16. The minimum Gasteiger partial charge on any atom is -0.379 e. The van der Waals surface area contributed by atoms with E-state index >= 15 is 0 Å². The number of ether oxygens (including phenoxy) is 1. The van der Waals surface area contributed by atoms with Gasteiger partial charge in [0.05, 0.1) is 20.3 Å². The summed E-state index contributed by atoms with van der Waals surface area (Å²) in [4.78, 5) is 8.91. The Hall–Kier alpha value is -0.380. The van der Waals surface area contributed by atoms with Gasteiger partial charge in [-0.05, 0) is 6.42 Å². The van der Waals surface area contributed by atoms with Crippen molar-refractivity contribution in [3.8, 4) is 0 Å². The summed E-state index contributed by atoms with van der Waals surface area (Å²) in [5, 5.41) is 0. The Kier molecular flexibility index (Phi) is 8.29. The summed E-state index contributed by atoms with van der Waals surface area (Å²) < 4.78 is 5.10. The Morgan fingerprint density at radius 3 is 2.70 bits per heavy atom. The maximum absolute atomic E-state index is 5.10.